The van der Waals surface area contributed by atoms with E-state index in [9.17, 15) is 9.59 Å². The summed E-state index contributed by atoms with van der Waals surface area (Å²) in [5.74, 6) is 6.29. The maximum atomic E-state index is 13.1. The van der Waals surface area contributed by atoms with Crippen LogP contribution in [0, 0.1) is 11.8 Å². The van der Waals surface area contributed by atoms with Crippen molar-refractivity contribution in [2.24, 2.45) is 0 Å². The van der Waals surface area contributed by atoms with Crippen molar-refractivity contribution in [3.05, 3.63) is 89.7 Å². The minimum atomic E-state index is -0.204. The van der Waals surface area contributed by atoms with Crippen LogP contribution in [0.3, 0.4) is 0 Å². The summed E-state index contributed by atoms with van der Waals surface area (Å²) < 4.78 is 5.39. The van der Waals surface area contributed by atoms with Crippen LogP contribution in [0.25, 0.3) is 0 Å². The number of methoxy groups -OCH3 is 1. The molecule has 2 aromatic carbocycles. The molecule has 4 rings (SSSR count). The van der Waals surface area contributed by atoms with Gasteiger partial charge in [-0.1, -0.05) is 30.2 Å². The molecule has 2 amide bonds. The second-order valence-corrected chi connectivity index (χ2v) is 6.99. The third-order valence-electron chi connectivity index (χ3n) is 5.01. The number of nitrogens with zero attached hydrogens (tertiary/aromatic N) is 3. The van der Waals surface area contributed by atoms with Crippen LogP contribution < -0.4 is 9.64 Å². The Morgan fingerprint density at radius 2 is 1.81 bits per heavy atom. The predicted molar refractivity (Wildman–Crippen MR) is 118 cm³/mol. The van der Waals surface area contributed by atoms with Gasteiger partial charge < -0.3 is 14.5 Å². The standard InChI is InChI=1S/C25H21N3O3/c1-31-23-13-11-20(17-19(23)10-12-21-7-5-6-14-26-21)25(30)27-15-16-28(24(29)18-27)22-8-3-2-4-9-22/h2-9,11,13-14,17H,15-16,18H2,1H3. The van der Waals surface area contributed by atoms with E-state index in [-0.39, 0.29) is 18.4 Å². The number of hydrogen-bond acceptors (Lipinski definition) is 4. The first-order valence-corrected chi connectivity index (χ1v) is 9.91. The lowest BCUT2D eigenvalue weighted by molar-refractivity contribution is -0.120. The smallest absolute Gasteiger partial charge is 0.254 e. The molecule has 6 heteroatoms. The number of pyridine rings is 1. The largest absolute Gasteiger partial charge is 0.495 e. The first-order valence-electron chi connectivity index (χ1n) is 9.91. The van der Waals surface area contributed by atoms with E-state index in [2.05, 4.69) is 16.8 Å². The highest BCUT2D eigenvalue weighted by molar-refractivity contribution is 6.01. The van der Waals surface area contributed by atoms with E-state index in [1.807, 2.05) is 48.5 Å². The number of rotatable bonds is 3. The van der Waals surface area contributed by atoms with Crippen molar-refractivity contribution in [1.82, 2.24) is 9.88 Å². The number of benzene rings is 2. The van der Waals surface area contributed by atoms with Gasteiger partial charge in [0, 0.05) is 30.5 Å². The number of piperazine rings is 1. The Labute approximate surface area is 181 Å². The van der Waals surface area contributed by atoms with E-state index in [0.29, 0.717) is 35.7 Å². The van der Waals surface area contributed by atoms with Crippen LogP contribution in [0.2, 0.25) is 0 Å². The topological polar surface area (TPSA) is 62.7 Å². The summed E-state index contributed by atoms with van der Waals surface area (Å²) >= 11 is 0. The highest BCUT2D eigenvalue weighted by Crippen LogP contribution is 2.22. The second-order valence-electron chi connectivity index (χ2n) is 6.99. The Balaban J connectivity index is 1.53. The fourth-order valence-electron chi connectivity index (χ4n) is 3.42. The molecule has 1 aromatic heterocycles. The van der Waals surface area contributed by atoms with Gasteiger partial charge in [-0.2, -0.15) is 0 Å². The number of carbonyl (C=O) groups excluding carboxylic acids is 2. The van der Waals surface area contributed by atoms with E-state index < -0.39 is 0 Å². The first-order chi connectivity index (χ1) is 15.2. The van der Waals surface area contributed by atoms with Crippen LogP contribution in [0.15, 0.2) is 72.9 Å². The maximum Gasteiger partial charge on any atom is 0.254 e. The number of para-hydroxylation sites is 1. The van der Waals surface area contributed by atoms with Crippen molar-refractivity contribution < 1.29 is 14.3 Å². The van der Waals surface area contributed by atoms with Gasteiger partial charge in [0.1, 0.15) is 18.0 Å². The highest BCUT2D eigenvalue weighted by Gasteiger charge is 2.28. The molecule has 1 saturated heterocycles. The molecule has 0 saturated carbocycles. The predicted octanol–water partition coefficient (Wildman–Crippen LogP) is 2.98. The fraction of sp³-hybridized carbons (Fsp3) is 0.160. The normalized spacial score (nSPS) is 13.4. The molecule has 154 valence electrons. The minimum absolute atomic E-state index is 0.0364. The van der Waals surface area contributed by atoms with E-state index in [0.717, 1.165) is 5.69 Å². The highest BCUT2D eigenvalue weighted by atomic mass is 16.5. The summed E-state index contributed by atoms with van der Waals surface area (Å²) in [6, 6.07) is 20.1. The van der Waals surface area contributed by atoms with Gasteiger partial charge in [-0.15, -0.1) is 0 Å². The molecule has 0 unspecified atom stereocenters. The van der Waals surface area contributed by atoms with Crippen molar-refractivity contribution >= 4 is 17.5 Å². The first kappa shape index (κ1) is 20.2. The lowest BCUT2D eigenvalue weighted by Gasteiger charge is -2.34. The molecule has 0 bridgehead atoms. The van der Waals surface area contributed by atoms with E-state index in [1.165, 1.54) is 0 Å². The molecule has 6 nitrogen and oxygen atoms in total. The number of ether oxygens (including phenoxy) is 1. The van der Waals surface area contributed by atoms with Crippen molar-refractivity contribution in [3.8, 4) is 17.6 Å². The molecule has 31 heavy (non-hydrogen) atoms. The number of carbonyl (C=O) groups is 2. The average Bonchev–Trinajstić information content (AvgIpc) is 2.83. The summed E-state index contributed by atoms with van der Waals surface area (Å²) in [7, 11) is 1.56. The molecule has 1 fully saturated rings. The van der Waals surface area contributed by atoms with Gasteiger partial charge in [-0.25, -0.2) is 4.98 Å². The molecule has 3 aromatic rings. The Morgan fingerprint density at radius 1 is 1.00 bits per heavy atom. The number of amides is 2. The molecule has 0 atom stereocenters. The van der Waals surface area contributed by atoms with E-state index in [1.54, 1.807) is 41.3 Å². The molecule has 1 aliphatic rings. The molecule has 0 radical (unpaired) electrons. The van der Waals surface area contributed by atoms with Gasteiger partial charge >= 0.3 is 0 Å². The number of hydrogen-bond donors (Lipinski definition) is 0. The van der Waals surface area contributed by atoms with Crippen molar-refractivity contribution in [3.63, 3.8) is 0 Å². The van der Waals surface area contributed by atoms with Gasteiger partial charge in [-0.05, 0) is 48.4 Å². The molecule has 0 aliphatic carbocycles. The van der Waals surface area contributed by atoms with Gasteiger partial charge in [0.05, 0.1) is 12.7 Å². The Bertz CT molecular complexity index is 1150. The van der Waals surface area contributed by atoms with Gasteiger partial charge in [-0.3, -0.25) is 9.59 Å². The number of anilines is 1. The zero-order valence-corrected chi connectivity index (χ0v) is 17.1. The maximum absolute atomic E-state index is 13.1. The van der Waals surface area contributed by atoms with Crippen LogP contribution in [-0.4, -0.2) is 48.4 Å². The zero-order valence-electron chi connectivity index (χ0n) is 17.1. The lowest BCUT2D eigenvalue weighted by Crippen LogP contribution is -2.52. The SMILES string of the molecule is COc1ccc(C(=O)N2CCN(c3ccccc3)C(=O)C2)cc1C#Cc1ccccn1. The summed E-state index contributed by atoms with van der Waals surface area (Å²) in [6.45, 7) is 0.951. The molecule has 0 spiro atoms. The van der Waals surface area contributed by atoms with Crippen LogP contribution in [-0.2, 0) is 4.79 Å². The molecular formula is C25H21N3O3. The van der Waals surface area contributed by atoms with Gasteiger partial charge in [0.2, 0.25) is 5.91 Å². The lowest BCUT2D eigenvalue weighted by atomic mass is 10.1. The third kappa shape index (κ3) is 4.57. The number of aromatic nitrogens is 1. The monoisotopic (exact) mass is 411 g/mol. The fourth-order valence-corrected chi connectivity index (χ4v) is 3.42. The van der Waals surface area contributed by atoms with E-state index >= 15 is 0 Å². The van der Waals surface area contributed by atoms with Crippen molar-refractivity contribution in [2.45, 2.75) is 0 Å². The zero-order chi connectivity index (χ0) is 21.6. The Hall–Kier alpha value is -4.11. The van der Waals surface area contributed by atoms with Crippen LogP contribution in [0.4, 0.5) is 5.69 Å². The van der Waals surface area contributed by atoms with Crippen molar-refractivity contribution in [2.75, 3.05) is 31.6 Å². The summed E-state index contributed by atoms with van der Waals surface area (Å²) in [5.41, 5.74) is 2.53. The van der Waals surface area contributed by atoms with Crippen molar-refractivity contribution in [1.29, 1.82) is 0 Å². The Kier molecular flexibility index (Phi) is 5.95. The minimum Gasteiger partial charge on any atom is -0.495 e. The Morgan fingerprint density at radius 3 is 2.52 bits per heavy atom. The molecular weight excluding hydrogens is 390 g/mol. The second kappa shape index (κ2) is 9.14. The van der Waals surface area contributed by atoms with Crippen LogP contribution >= 0.6 is 0 Å². The summed E-state index contributed by atoms with van der Waals surface area (Å²) in [5, 5.41) is 0. The van der Waals surface area contributed by atoms with Gasteiger partial charge in [0.25, 0.3) is 5.91 Å². The quantitative estimate of drug-likeness (QED) is 0.622. The molecule has 0 N–H and O–H groups in total. The summed E-state index contributed by atoms with van der Waals surface area (Å²) in [4.78, 5) is 33.2. The van der Waals surface area contributed by atoms with E-state index in [4.69, 9.17) is 4.74 Å². The molecule has 1 aliphatic heterocycles. The summed E-state index contributed by atoms with van der Waals surface area (Å²) in [6.07, 6.45) is 1.67. The van der Waals surface area contributed by atoms with Crippen LogP contribution in [0.1, 0.15) is 21.6 Å². The van der Waals surface area contributed by atoms with Gasteiger partial charge in [0.15, 0.2) is 0 Å². The average molecular weight is 411 g/mol. The molecule has 2 heterocycles. The van der Waals surface area contributed by atoms with Crippen LogP contribution in [0.5, 0.6) is 5.75 Å². The third-order valence-corrected chi connectivity index (χ3v) is 5.01.